The van der Waals surface area contributed by atoms with Crippen LogP contribution in [0, 0.1) is 0 Å². The topological polar surface area (TPSA) is 3.24 Å². The maximum Gasteiger partial charge on any atom is 0.0755 e. The molecule has 0 aromatic carbocycles. The third kappa shape index (κ3) is 8.88. The minimum atomic E-state index is 1.19. The van der Waals surface area contributed by atoms with E-state index in [1.807, 2.05) is 0 Å². The number of quaternary nitrogens is 1. The van der Waals surface area contributed by atoms with Crippen LogP contribution in [-0.2, 0) is 0 Å². The molecule has 0 rings (SSSR count). The molecule has 0 fully saturated rings. The van der Waals surface area contributed by atoms with Crippen molar-refractivity contribution in [3.63, 3.8) is 0 Å². The second-order valence-electron chi connectivity index (χ2n) is 4.19. The third-order valence-corrected chi connectivity index (χ3v) is 3.63. The van der Waals surface area contributed by atoms with E-state index in [0.29, 0.717) is 0 Å². The van der Waals surface area contributed by atoms with E-state index in [2.05, 4.69) is 53.5 Å². The minimum Gasteiger partial charge on any atom is -0.327 e. The monoisotopic (exact) mass is 217 g/mol. The lowest BCUT2D eigenvalue weighted by Gasteiger charge is -2.30. The highest BCUT2D eigenvalue weighted by Gasteiger charge is 2.10. The first kappa shape index (κ1) is 17.3. The molecule has 0 aromatic rings. The van der Waals surface area contributed by atoms with E-state index in [-0.39, 0.29) is 0 Å². The van der Waals surface area contributed by atoms with Crippen molar-refractivity contribution in [3.8, 4) is 0 Å². The van der Waals surface area contributed by atoms with Crippen LogP contribution >= 0.6 is 0 Å². The van der Waals surface area contributed by atoms with E-state index in [9.17, 15) is 0 Å². The number of rotatable bonds is 6. The molecule has 0 heterocycles. The Morgan fingerprint density at radius 1 is 0.667 bits per heavy atom. The SMILES string of the molecule is CCN(CC)CC.CC[N+](C)(CC)CC. The lowest BCUT2D eigenvalue weighted by molar-refractivity contribution is -0.904. The summed E-state index contributed by atoms with van der Waals surface area (Å²) in [6.45, 7) is 20.6. The molecule has 0 spiro atoms. The summed E-state index contributed by atoms with van der Waals surface area (Å²) in [4.78, 5) is 2.38. The first-order valence-corrected chi connectivity index (χ1v) is 6.59. The van der Waals surface area contributed by atoms with Crippen LogP contribution in [0.5, 0.6) is 0 Å². The summed E-state index contributed by atoms with van der Waals surface area (Å²) in [7, 11) is 2.29. The van der Waals surface area contributed by atoms with Crippen molar-refractivity contribution in [2.45, 2.75) is 41.5 Å². The fourth-order valence-corrected chi connectivity index (χ4v) is 1.34. The zero-order valence-corrected chi connectivity index (χ0v) is 12.1. The van der Waals surface area contributed by atoms with Gasteiger partial charge in [0.15, 0.2) is 0 Å². The van der Waals surface area contributed by atoms with Crippen molar-refractivity contribution in [3.05, 3.63) is 0 Å². The summed E-state index contributed by atoms with van der Waals surface area (Å²) in [5, 5.41) is 0. The van der Waals surface area contributed by atoms with Crippen LogP contribution in [0.4, 0.5) is 0 Å². The molecule has 0 amide bonds. The normalized spacial score (nSPS) is 11.2. The Balaban J connectivity index is 0. The fraction of sp³-hybridized carbons (Fsp3) is 1.00. The van der Waals surface area contributed by atoms with Gasteiger partial charge in [-0.05, 0) is 40.4 Å². The zero-order chi connectivity index (χ0) is 12.3. The van der Waals surface area contributed by atoms with Crippen LogP contribution in [0.3, 0.4) is 0 Å². The Bertz CT molecular complexity index is 102. The predicted octanol–water partition coefficient (Wildman–Crippen LogP) is 2.84. The summed E-state index contributed by atoms with van der Waals surface area (Å²) in [5.74, 6) is 0. The molecular weight excluding hydrogens is 184 g/mol. The smallest absolute Gasteiger partial charge is 0.0755 e. The van der Waals surface area contributed by atoms with E-state index in [1.54, 1.807) is 0 Å². The highest BCUT2D eigenvalue weighted by molar-refractivity contribution is 4.43. The van der Waals surface area contributed by atoms with Gasteiger partial charge < -0.3 is 9.38 Å². The minimum absolute atomic E-state index is 1.19. The van der Waals surface area contributed by atoms with E-state index >= 15 is 0 Å². The Hall–Kier alpha value is -0.0800. The first-order valence-electron chi connectivity index (χ1n) is 6.59. The molecule has 94 valence electrons. The van der Waals surface area contributed by atoms with Crippen molar-refractivity contribution in [2.75, 3.05) is 46.3 Å². The summed E-state index contributed by atoms with van der Waals surface area (Å²) in [6, 6.07) is 0. The molecule has 0 aliphatic rings. The van der Waals surface area contributed by atoms with Gasteiger partial charge in [0.05, 0.1) is 26.7 Å². The molecule has 0 aliphatic heterocycles. The summed E-state index contributed by atoms with van der Waals surface area (Å²) >= 11 is 0. The van der Waals surface area contributed by atoms with Crippen molar-refractivity contribution in [2.24, 2.45) is 0 Å². The lowest BCUT2D eigenvalue weighted by Crippen LogP contribution is -2.42. The standard InChI is InChI=1S/C7H18N.C6H15N/c1-5-8(4,6-2)7-3;1-4-7(5-2)6-3/h5-7H2,1-4H3;4-6H2,1-3H3/q+1;. The van der Waals surface area contributed by atoms with Gasteiger partial charge >= 0.3 is 0 Å². The van der Waals surface area contributed by atoms with Crippen LogP contribution in [0.25, 0.3) is 0 Å². The van der Waals surface area contributed by atoms with Gasteiger partial charge in [-0.15, -0.1) is 0 Å². The fourth-order valence-electron chi connectivity index (χ4n) is 1.34. The molecular formula is C13H33N2+. The van der Waals surface area contributed by atoms with Gasteiger partial charge in [0.1, 0.15) is 0 Å². The first-order chi connectivity index (χ1) is 7.03. The van der Waals surface area contributed by atoms with Gasteiger partial charge in [-0.1, -0.05) is 20.8 Å². The van der Waals surface area contributed by atoms with Crippen LogP contribution in [0.2, 0.25) is 0 Å². The van der Waals surface area contributed by atoms with Gasteiger partial charge in [-0.25, -0.2) is 0 Å². The van der Waals surface area contributed by atoms with Gasteiger partial charge in [-0.2, -0.15) is 0 Å². The predicted molar refractivity (Wildman–Crippen MR) is 71.3 cm³/mol. The van der Waals surface area contributed by atoms with Crippen molar-refractivity contribution >= 4 is 0 Å². The maximum absolute atomic E-state index is 2.38. The van der Waals surface area contributed by atoms with Crippen LogP contribution in [0.15, 0.2) is 0 Å². The Kier molecular flexibility index (Phi) is 12.1. The van der Waals surface area contributed by atoms with Crippen molar-refractivity contribution in [1.82, 2.24) is 4.90 Å². The molecule has 0 bridgehead atoms. The van der Waals surface area contributed by atoms with Crippen molar-refractivity contribution < 1.29 is 4.48 Å². The van der Waals surface area contributed by atoms with Gasteiger partial charge in [0.25, 0.3) is 0 Å². The highest BCUT2D eigenvalue weighted by Crippen LogP contribution is 1.97. The molecule has 0 aromatic heterocycles. The molecule has 0 aliphatic carbocycles. The van der Waals surface area contributed by atoms with Gasteiger partial charge in [0.2, 0.25) is 0 Å². The average molecular weight is 217 g/mol. The molecule has 0 saturated heterocycles. The van der Waals surface area contributed by atoms with Crippen LogP contribution in [0.1, 0.15) is 41.5 Å². The van der Waals surface area contributed by atoms with E-state index < -0.39 is 0 Å². The van der Waals surface area contributed by atoms with E-state index in [0.717, 1.165) is 0 Å². The van der Waals surface area contributed by atoms with E-state index in [1.165, 1.54) is 43.8 Å². The molecule has 2 nitrogen and oxygen atoms in total. The van der Waals surface area contributed by atoms with E-state index in [4.69, 9.17) is 0 Å². The number of hydrogen-bond donors (Lipinski definition) is 0. The van der Waals surface area contributed by atoms with Gasteiger partial charge in [0, 0.05) is 0 Å². The molecule has 0 unspecified atom stereocenters. The summed E-state index contributed by atoms with van der Waals surface area (Å²) in [6.07, 6.45) is 0. The molecule has 15 heavy (non-hydrogen) atoms. The summed E-state index contributed by atoms with van der Waals surface area (Å²) in [5.41, 5.74) is 0. The Morgan fingerprint density at radius 3 is 0.933 bits per heavy atom. The second kappa shape index (κ2) is 10.4. The van der Waals surface area contributed by atoms with Crippen LogP contribution in [-0.4, -0.2) is 55.7 Å². The van der Waals surface area contributed by atoms with Crippen LogP contribution < -0.4 is 0 Å². The zero-order valence-electron chi connectivity index (χ0n) is 12.1. The second-order valence-corrected chi connectivity index (χ2v) is 4.19. The number of hydrogen-bond acceptors (Lipinski definition) is 1. The largest absolute Gasteiger partial charge is 0.327 e. The quantitative estimate of drug-likeness (QED) is 0.618. The van der Waals surface area contributed by atoms with Gasteiger partial charge in [-0.3, -0.25) is 0 Å². The molecule has 0 atom stereocenters. The molecule has 0 radical (unpaired) electrons. The highest BCUT2D eigenvalue weighted by atomic mass is 15.3. The molecule has 2 heteroatoms. The Labute approximate surface area is 97.9 Å². The Morgan fingerprint density at radius 2 is 0.933 bits per heavy atom. The molecule has 0 N–H and O–H groups in total. The summed E-state index contributed by atoms with van der Waals surface area (Å²) < 4.78 is 1.21. The average Bonchev–Trinajstić information content (AvgIpc) is 2.31. The number of nitrogens with zero attached hydrogens (tertiary/aromatic N) is 2. The van der Waals surface area contributed by atoms with Crippen molar-refractivity contribution in [1.29, 1.82) is 0 Å². The third-order valence-electron chi connectivity index (χ3n) is 3.63. The lowest BCUT2D eigenvalue weighted by atomic mass is 10.4. The molecule has 0 saturated carbocycles. The maximum atomic E-state index is 2.38.